The van der Waals surface area contributed by atoms with Crippen molar-refractivity contribution >= 4 is 23.1 Å². The van der Waals surface area contributed by atoms with E-state index in [0.29, 0.717) is 18.5 Å². The molecule has 0 amide bonds. The minimum atomic E-state index is -1.25. The lowest BCUT2D eigenvalue weighted by atomic mass is 9.73. The number of aromatic nitrogens is 1. The van der Waals surface area contributed by atoms with Crippen LogP contribution >= 0.6 is 11.3 Å². The third-order valence-corrected chi connectivity index (χ3v) is 7.91. The lowest BCUT2D eigenvalue weighted by Gasteiger charge is -2.34. The smallest absolute Gasteiger partial charge is 0.309 e. The van der Waals surface area contributed by atoms with Gasteiger partial charge < -0.3 is 14.9 Å². The molecule has 6 nitrogen and oxygen atoms in total. The minimum absolute atomic E-state index is 0.235. The van der Waals surface area contributed by atoms with Gasteiger partial charge in [-0.25, -0.2) is 4.98 Å². The van der Waals surface area contributed by atoms with Gasteiger partial charge in [0, 0.05) is 29.2 Å². The Bertz CT molecular complexity index is 1100. The second kappa shape index (κ2) is 12.1. The highest BCUT2D eigenvalue weighted by Gasteiger charge is 2.42. The Labute approximate surface area is 217 Å². The standard InChI is InChI=1S/C29H37NO5S/c1-18-10-9-11-19(2)26(33)20(3)27(34)29(4,5)24(31)16-25(32)35-23(15-14-18)22-17-36-28(30-22)21-12-7-6-8-13-21/h6-9,11-14,17,19-20,23-24,26,31,33H,10,15-16H2,1-5H3/b11-9-,18-14-/t19-,20+,23-,24-,26+/m0/s1. The maximum atomic E-state index is 13.2. The molecule has 2 N–H and O–H groups in total. The molecule has 0 saturated heterocycles. The van der Waals surface area contributed by atoms with E-state index in [-0.39, 0.29) is 18.1 Å². The van der Waals surface area contributed by atoms with E-state index in [1.165, 1.54) is 11.3 Å². The normalized spacial score (nSPS) is 30.8. The van der Waals surface area contributed by atoms with E-state index in [9.17, 15) is 19.8 Å². The number of aliphatic hydroxyl groups is 2. The van der Waals surface area contributed by atoms with Crippen molar-refractivity contribution < 1.29 is 24.5 Å². The SMILES string of the molecule is C/C1=C/C[C@@H](c2csc(-c3ccccc3)n2)OC(=O)C[C@H](O)C(C)(C)C(=O)[C@H](C)[C@H](O)[C@@H](C)/C=C\C1. The second-order valence-electron chi connectivity index (χ2n) is 10.3. The fourth-order valence-corrected chi connectivity index (χ4v) is 5.20. The first-order chi connectivity index (χ1) is 17.0. The molecule has 1 aromatic heterocycles. The van der Waals surface area contributed by atoms with Crippen LogP contribution in [0.1, 0.15) is 65.7 Å². The van der Waals surface area contributed by atoms with Crippen LogP contribution in [0.3, 0.4) is 0 Å². The number of ether oxygens (including phenoxy) is 1. The third kappa shape index (κ3) is 6.78. The number of ketones is 1. The van der Waals surface area contributed by atoms with Gasteiger partial charge in [0.05, 0.1) is 29.7 Å². The minimum Gasteiger partial charge on any atom is -0.455 e. The van der Waals surface area contributed by atoms with Crippen molar-refractivity contribution in [1.82, 2.24) is 4.98 Å². The first-order valence-electron chi connectivity index (χ1n) is 12.4. The number of thiazole rings is 1. The molecule has 0 saturated carbocycles. The van der Waals surface area contributed by atoms with Crippen molar-refractivity contribution in [3.8, 4) is 10.6 Å². The molecule has 3 rings (SSSR count). The quantitative estimate of drug-likeness (QED) is 0.398. The number of hydrogen-bond donors (Lipinski definition) is 2. The van der Waals surface area contributed by atoms with E-state index < -0.39 is 35.6 Å². The van der Waals surface area contributed by atoms with Crippen molar-refractivity contribution in [2.45, 2.75) is 72.2 Å². The van der Waals surface area contributed by atoms with Crippen LogP contribution in [0.2, 0.25) is 0 Å². The molecule has 1 aromatic carbocycles. The maximum Gasteiger partial charge on any atom is 0.309 e. The van der Waals surface area contributed by atoms with Crippen LogP contribution in [-0.4, -0.2) is 39.2 Å². The van der Waals surface area contributed by atoms with E-state index in [2.05, 4.69) is 0 Å². The maximum absolute atomic E-state index is 13.2. The molecule has 7 heteroatoms. The van der Waals surface area contributed by atoms with E-state index >= 15 is 0 Å². The molecule has 0 spiro atoms. The largest absolute Gasteiger partial charge is 0.455 e. The van der Waals surface area contributed by atoms with E-state index in [0.717, 1.165) is 16.1 Å². The molecule has 36 heavy (non-hydrogen) atoms. The predicted molar refractivity (Wildman–Crippen MR) is 142 cm³/mol. The number of esters is 1. The average Bonchev–Trinajstić information content (AvgIpc) is 3.35. The van der Waals surface area contributed by atoms with Crippen LogP contribution < -0.4 is 0 Å². The number of rotatable bonds is 2. The Morgan fingerprint density at radius 2 is 1.81 bits per heavy atom. The molecule has 1 aliphatic rings. The van der Waals surface area contributed by atoms with Gasteiger partial charge in [0.1, 0.15) is 16.9 Å². The fourth-order valence-electron chi connectivity index (χ4n) is 4.33. The van der Waals surface area contributed by atoms with Crippen LogP contribution in [0, 0.1) is 17.3 Å². The van der Waals surface area contributed by atoms with Crippen LogP contribution in [0.25, 0.3) is 10.6 Å². The summed E-state index contributed by atoms with van der Waals surface area (Å²) in [7, 11) is 0. The molecule has 1 aliphatic heterocycles. The summed E-state index contributed by atoms with van der Waals surface area (Å²) in [6.45, 7) is 8.76. The first-order valence-corrected chi connectivity index (χ1v) is 13.3. The van der Waals surface area contributed by atoms with E-state index in [1.807, 2.05) is 67.8 Å². The molecule has 2 heterocycles. The van der Waals surface area contributed by atoms with Gasteiger partial charge in [0.25, 0.3) is 0 Å². The Morgan fingerprint density at radius 3 is 2.50 bits per heavy atom. The monoisotopic (exact) mass is 511 g/mol. The molecule has 0 aliphatic carbocycles. The number of nitrogens with zero attached hydrogens (tertiary/aromatic N) is 1. The number of Topliss-reactive ketones (excluding diaryl/α,β-unsaturated/α-hetero) is 1. The molecule has 5 atom stereocenters. The van der Waals surface area contributed by atoms with Gasteiger partial charge in [0.15, 0.2) is 0 Å². The van der Waals surface area contributed by atoms with Gasteiger partial charge in [-0.1, -0.05) is 81.8 Å². The number of cyclic esters (lactones) is 1. The Morgan fingerprint density at radius 1 is 1.11 bits per heavy atom. The summed E-state index contributed by atoms with van der Waals surface area (Å²) in [6, 6.07) is 9.82. The fraction of sp³-hybridized carbons (Fsp3) is 0.483. The van der Waals surface area contributed by atoms with Gasteiger partial charge in [-0.2, -0.15) is 0 Å². The molecule has 0 fully saturated rings. The van der Waals surface area contributed by atoms with Gasteiger partial charge in [-0.3, -0.25) is 9.59 Å². The number of carbonyl (C=O) groups is 2. The summed E-state index contributed by atoms with van der Waals surface area (Å²) >= 11 is 1.49. The van der Waals surface area contributed by atoms with Crippen LogP contribution in [0.4, 0.5) is 0 Å². The summed E-state index contributed by atoms with van der Waals surface area (Å²) in [5.41, 5.74) is 1.51. The summed E-state index contributed by atoms with van der Waals surface area (Å²) in [4.78, 5) is 30.8. The predicted octanol–water partition coefficient (Wildman–Crippen LogP) is 5.67. The number of allylic oxidation sites excluding steroid dienone is 2. The lowest BCUT2D eigenvalue weighted by Crippen LogP contribution is -2.45. The summed E-state index contributed by atoms with van der Waals surface area (Å²) in [5, 5.41) is 24.3. The lowest BCUT2D eigenvalue weighted by molar-refractivity contribution is -0.156. The van der Waals surface area contributed by atoms with Crippen molar-refractivity contribution in [3.63, 3.8) is 0 Å². The van der Waals surface area contributed by atoms with Crippen molar-refractivity contribution in [2.24, 2.45) is 17.3 Å². The second-order valence-corrected chi connectivity index (χ2v) is 11.1. The molecular weight excluding hydrogens is 474 g/mol. The number of benzene rings is 1. The van der Waals surface area contributed by atoms with Crippen molar-refractivity contribution in [3.05, 3.63) is 65.2 Å². The van der Waals surface area contributed by atoms with Crippen LogP contribution in [0.5, 0.6) is 0 Å². The molecular formula is C29H37NO5S. The highest BCUT2D eigenvalue weighted by Crippen LogP contribution is 2.33. The highest BCUT2D eigenvalue weighted by atomic mass is 32.1. The number of hydrogen-bond acceptors (Lipinski definition) is 7. The zero-order valence-electron chi connectivity index (χ0n) is 21.7. The molecule has 194 valence electrons. The molecule has 0 radical (unpaired) electrons. The summed E-state index contributed by atoms with van der Waals surface area (Å²) < 4.78 is 5.82. The van der Waals surface area contributed by atoms with Crippen molar-refractivity contribution in [2.75, 3.05) is 0 Å². The number of aliphatic hydroxyl groups excluding tert-OH is 2. The molecule has 0 unspecified atom stereocenters. The van der Waals surface area contributed by atoms with Gasteiger partial charge in [-0.05, 0) is 13.3 Å². The molecule has 0 bridgehead atoms. The van der Waals surface area contributed by atoms with Gasteiger partial charge in [0.2, 0.25) is 0 Å². The van der Waals surface area contributed by atoms with E-state index in [1.54, 1.807) is 20.8 Å². The Hall–Kier alpha value is -2.61. The van der Waals surface area contributed by atoms with E-state index in [4.69, 9.17) is 9.72 Å². The number of carbonyl (C=O) groups excluding carboxylic acids is 2. The molecule has 2 aromatic rings. The topological polar surface area (TPSA) is 96.7 Å². The third-order valence-electron chi connectivity index (χ3n) is 7.00. The average molecular weight is 512 g/mol. The summed E-state index contributed by atoms with van der Waals surface area (Å²) in [5.74, 6) is -1.82. The van der Waals surface area contributed by atoms with Crippen molar-refractivity contribution in [1.29, 1.82) is 0 Å². The first kappa shape index (κ1) is 28.0. The van der Waals surface area contributed by atoms with Gasteiger partial charge in [-0.15, -0.1) is 11.3 Å². The van der Waals surface area contributed by atoms with Crippen LogP contribution in [0.15, 0.2) is 59.5 Å². The zero-order valence-corrected chi connectivity index (χ0v) is 22.5. The zero-order chi connectivity index (χ0) is 26.5. The highest BCUT2D eigenvalue weighted by molar-refractivity contribution is 7.13. The van der Waals surface area contributed by atoms with Gasteiger partial charge >= 0.3 is 5.97 Å². The Kier molecular flexibility index (Phi) is 9.39. The Balaban J connectivity index is 1.91. The van der Waals surface area contributed by atoms with Crippen LogP contribution in [-0.2, 0) is 14.3 Å². The summed E-state index contributed by atoms with van der Waals surface area (Å²) in [6.07, 6.45) is 3.98.